The number of hydrogen-bond acceptors (Lipinski definition) is 8. The molecule has 0 bridgehead atoms. The predicted molar refractivity (Wildman–Crippen MR) is 105 cm³/mol. The number of carbonyl (C=O) groups excluding carboxylic acids is 4. The summed E-state index contributed by atoms with van der Waals surface area (Å²) in [4.78, 5) is 46.3. The van der Waals surface area contributed by atoms with E-state index in [-0.39, 0.29) is 33.2 Å². The van der Waals surface area contributed by atoms with Gasteiger partial charge in [-0.15, -0.1) is 23.5 Å². The van der Waals surface area contributed by atoms with Crippen molar-refractivity contribution in [2.45, 2.75) is 0 Å². The zero-order valence-electron chi connectivity index (χ0n) is 13.1. The molecule has 8 N–H and O–H groups in total. The fourth-order valence-electron chi connectivity index (χ4n) is 1.19. The number of rotatable bonds is 0. The van der Waals surface area contributed by atoms with Crippen LogP contribution in [0, 0.1) is 0 Å². The van der Waals surface area contributed by atoms with Crippen LogP contribution in [0.2, 0.25) is 0 Å². The molecule has 1 rings (SSSR count). The van der Waals surface area contributed by atoms with E-state index >= 15 is 0 Å². The quantitative estimate of drug-likeness (QED) is 0.176. The Hall–Kier alpha value is -2.04. The molecule has 4 amide bonds. The Kier molecular flexibility index (Phi) is 10.4. The van der Waals surface area contributed by atoms with Crippen LogP contribution in [0.1, 0.15) is 0 Å². The van der Waals surface area contributed by atoms with Crippen LogP contribution in [-0.2, 0) is 19.2 Å². The van der Waals surface area contributed by atoms with Crippen LogP contribution in [0.5, 0.6) is 0 Å². The molecule has 0 aromatic heterocycles. The average molecular weight is 441 g/mol. The van der Waals surface area contributed by atoms with E-state index < -0.39 is 23.6 Å². The van der Waals surface area contributed by atoms with E-state index in [1.807, 2.05) is 0 Å². The highest BCUT2D eigenvalue weighted by atomic mass is 32.2. The van der Waals surface area contributed by atoms with Gasteiger partial charge < -0.3 is 0 Å². The molecule has 1 heterocycles. The van der Waals surface area contributed by atoms with Crippen LogP contribution >= 0.6 is 48.0 Å². The molecule has 0 aliphatic carbocycles. The van der Waals surface area contributed by atoms with Gasteiger partial charge in [-0.3, -0.25) is 62.6 Å². The first-order valence-electron chi connectivity index (χ1n) is 6.79. The molecular formula is C10H16N8O4S4. The SMILES string of the molecule is O=C1CSCC(=O)NNC(=S)NNC(=O)CSCC(=O)NNC(=S)NN1. The first kappa shape index (κ1) is 22.0. The Labute approximate surface area is 167 Å². The topological polar surface area (TPSA) is 165 Å². The van der Waals surface area contributed by atoms with Gasteiger partial charge in [0.2, 0.25) is 33.9 Å². The smallest absolute Gasteiger partial charge is 0.248 e. The maximum Gasteiger partial charge on any atom is 0.248 e. The fourth-order valence-corrected chi connectivity index (χ4v) is 2.62. The van der Waals surface area contributed by atoms with Crippen LogP contribution in [0.3, 0.4) is 0 Å². The summed E-state index contributed by atoms with van der Waals surface area (Å²) in [5.74, 6) is -1.72. The lowest BCUT2D eigenvalue weighted by Gasteiger charge is -2.14. The highest BCUT2D eigenvalue weighted by Crippen LogP contribution is 1.98. The number of hydrogen-bond donors (Lipinski definition) is 8. The second-order valence-corrected chi connectivity index (χ2v) is 7.12. The minimum Gasteiger partial charge on any atom is -0.273 e. The first-order valence-corrected chi connectivity index (χ1v) is 9.92. The highest BCUT2D eigenvalue weighted by Gasteiger charge is 2.09. The maximum absolute atomic E-state index is 11.6. The zero-order chi connectivity index (χ0) is 19.4. The van der Waals surface area contributed by atoms with Gasteiger partial charge in [-0.25, -0.2) is 0 Å². The summed E-state index contributed by atoms with van der Waals surface area (Å²) in [6.07, 6.45) is 0. The fraction of sp³-hybridized carbons (Fsp3) is 0.400. The van der Waals surface area contributed by atoms with Crippen molar-refractivity contribution >= 4 is 81.8 Å². The summed E-state index contributed by atoms with van der Waals surface area (Å²) >= 11 is 11.8. The normalized spacial score (nSPS) is 19.2. The van der Waals surface area contributed by atoms with Gasteiger partial charge in [-0.05, 0) is 24.4 Å². The Morgan fingerprint density at radius 1 is 0.500 bits per heavy atom. The van der Waals surface area contributed by atoms with Gasteiger partial charge in [0, 0.05) is 0 Å². The zero-order valence-corrected chi connectivity index (χ0v) is 16.4. The number of thiocarbonyl (C=S) groups is 2. The summed E-state index contributed by atoms with van der Waals surface area (Å²) in [6, 6.07) is 0. The van der Waals surface area contributed by atoms with Gasteiger partial charge in [0.05, 0.1) is 23.0 Å². The molecule has 26 heavy (non-hydrogen) atoms. The molecule has 0 aromatic carbocycles. The average Bonchev–Trinajstić information content (AvgIpc) is 2.60. The molecule has 12 nitrogen and oxygen atoms in total. The molecule has 1 saturated heterocycles. The molecule has 0 saturated carbocycles. The lowest BCUT2D eigenvalue weighted by Crippen LogP contribution is -2.54. The molecule has 0 unspecified atom stereocenters. The molecular weight excluding hydrogens is 424 g/mol. The molecule has 0 radical (unpaired) electrons. The predicted octanol–water partition coefficient (Wildman–Crippen LogP) is -3.48. The third kappa shape index (κ3) is 10.7. The summed E-state index contributed by atoms with van der Waals surface area (Å²) in [7, 11) is 0. The van der Waals surface area contributed by atoms with E-state index in [9.17, 15) is 19.2 Å². The van der Waals surface area contributed by atoms with Crippen LogP contribution in [0.25, 0.3) is 0 Å². The number of nitrogens with one attached hydrogen (secondary N) is 8. The number of thioether (sulfide) groups is 2. The van der Waals surface area contributed by atoms with Crippen molar-refractivity contribution in [1.29, 1.82) is 0 Å². The van der Waals surface area contributed by atoms with Crippen LogP contribution < -0.4 is 43.4 Å². The highest BCUT2D eigenvalue weighted by molar-refractivity contribution is 8.00. The summed E-state index contributed by atoms with van der Waals surface area (Å²) < 4.78 is 0. The Bertz CT molecular complexity index is 495. The number of amides is 4. The number of hydrazine groups is 4. The Balaban J connectivity index is 2.52. The molecule has 0 atom stereocenters. The second kappa shape index (κ2) is 12.3. The second-order valence-electron chi connectivity index (χ2n) is 4.34. The van der Waals surface area contributed by atoms with Gasteiger partial charge >= 0.3 is 0 Å². The largest absolute Gasteiger partial charge is 0.273 e. The third-order valence-electron chi connectivity index (χ3n) is 2.19. The van der Waals surface area contributed by atoms with Crippen molar-refractivity contribution in [3.63, 3.8) is 0 Å². The van der Waals surface area contributed by atoms with E-state index in [1.165, 1.54) is 0 Å². The van der Waals surface area contributed by atoms with Gasteiger partial charge in [-0.1, -0.05) is 0 Å². The summed E-state index contributed by atoms with van der Waals surface area (Å²) in [6.45, 7) is 0. The van der Waals surface area contributed by atoms with Crippen LogP contribution in [0.15, 0.2) is 0 Å². The van der Waals surface area contributed by atoms with Crippen molar-refractivity contribution in [3.05, 3.63) is 0 Å². The minimum absolute atomic E-state index is 0.00914. The van der Waals surface area contributed by atoms with Crippen molar-refractivity contribution in [2.75, 3.05) is 23.0 Å². The van der Waals surface area contributed by atoms with Crippen LogP contribution in [0.4, 0.5) is 0 Å². The van der Waals surface area contributed by atoms with Gasteiger partial charge in [-0.2, -0.15) is 0 Å². The molecule has 0 spiro atoms. The number of carbonyl (C=O) groups is 4. The first-order chi connectivity index (χ1) is 12.4. The van der Waals surface area contributed by atoms with E-state index in [0.717, 1.165) is 23.5 Å². The van der Waals surface area contributed by atoms with E-state index in [0.29, 0.717) is 0 Å². The summed E-state index contributed by atoms with van der Waals surface area (Å²) in [5, 5.41) is -0.0676. The van der Waals surface area contributed by atoms with Gasteiger partial charge in [0.25, 0.3) is 0 Å². The van der Waals surface area contributed by atoms with Crippen molar-refractivity contribution in [2.24, 2.45) is 0 Å². The van der Waals surface area contributed by atoms with E-state index in [4.69, 9.17) is 24.4 Å². The lowest BCUT2D eigenvalue weighted by atomic mass is 10.7. The standard InChI is InChI=1S/C10H16N8O4S4/c19-5-1-25-2-6(20)12-17-10(24)18-14-8(22)4-26-3-7(21)13-16-9(23)15-11-5/h1-4H2,(H,11,19)(H,12,20)(H,13,21)(H,14,22)(H2,15,16,23)(H2,17,18,24). The van der Waals surface area contributed by atoms with E-state index in [2.05, 4.69) is 43.4 Å². The molecule has 1 aliphatic heterocycles. The maximum atomic E-state index is 11.6. The summed E-state index contributed by atoms with van der Waals surface area (Å²) in [5.41, 5.74) is 18.7. The Morgan fingerprint density at radius 2 is 0.731 bits per heavy atom. The van der Waals surface area contributed by atoms with Gasteiger partial charge in [0.1, 0.15) is 0 Å². The van der Waals surface area contributed by atoms with E-state index in [1.54, 1.807) is 0 Å². The Morgan fingerprint density at radius 3 is 0.962 bits per heavy atom. The van der Waals surface area contributed by atoms with Crippen molar-refractivity contribution < 1.29 is 19.2 Å². The third-order valence-corrected chi connectivity index (χ3v) is 4.47. The van der Waals surface area contributed by atoms with Gasteiger partial charge in [0.15, 0.2) is 0 Å². The minimum atomic E-state index is -0.420. The molecule has 0 aromatic rings. The monoisotopic (exact) mass is 440 g/mol. The van der Waals surface area contributed by atoms with Crippen molar-refractivity contribution in [1.82, 2.24) is 43.4 Å². The van der Waals surface area contributed by atoms with Crippen molar-refractivity contribution in [3.8, 4) is 0 Å². The lowest BCUT2D eigenvalue weighted by molar-refractivity contribution is -0.120. The molecule has 1 fully saturated rings. The molecule has 144 valence electrons. The van der Waals surface area contributed by atoms with Crippen LogP contribution in [-0.4, -0.2) is 56.9 Å². The molecule has 16 heteroatoms. The molecule has 1 aliphatic rings.